The van der Waals surface area contributed by atoms with E-state index >= 15 is 9.18 Å². The van der Waals surface area contributed by atoms with Crippen molar-refractivity contribution in [3.05, 3.63) is 135 Å². The van der Waals surface area contributed by atoms with Gasteiger partial charge < -0.3 is 19.1 Å². The van der Waals surface area contributed by atoms with Gasteiger partial charge in [-0.15, -0.1) is 11.8 Å². The molecule has 0 spiro atoms. The van der Waals surface area contributed by atoms with Gasteiger partial charge in [0.2, 0.25) is 5.91 Å². The molecule has 0 aliphatic carbocycles. The molecule has 1 amide bonds. The lowest BCUT2D eigenvalue weighted by atomic mass is 9.98. The highest BCUT2D eigenvalue weighted by Crippen LogP contribution is 2.34. The first-order valence-corrected chi connectivity index (χ1v) is 16.1. The molecule has 12 heteroatoms. The van der Waals surface area contributed by atoms with E-state index in [1.165, 1.54) is 0 Å². The van der Waals surface area contributed by atoms with Gasteiger partial charge >= 0.3 is 6.18 Å². The number of carbonyl (C=O) groups excluding carboxylic acids is 1. The van der Waals surface area contributed by atoms with Gasteiger partial charge in [-0.25, -0.2) is 8.78 Å². The van der Waals surface area contributed by atoms with Gasteiger partial charge in [-0.3, -0.25) is 9.59 Å². The van der Waals surface area contributed by atoms with Gasteiger partial charge in [-0.05, 0) is 66.2 Å². The molecule has 1 aliphatic rings. The van der Waals surface area contributed by atoms with E-state index in [-0.39, 0.29) is 21.2 Å². The Bertz CT molecular complexity index is 3350. The second kappa shape index (κ2) is 16.7. The summed E-state index contributed by atoms with van der Waals surface area (Å²) < 4.78 is 299. The summed E-state index contributed by atoms with van der Waals surface area (Å²) in [5.74, 6) is -7.29. The Morgan fingerprint density at radius 2 is 1.74 bits per heavy atom. The number of pyridine rings is 1. The molecule has 6 nitrogen and oxygen atoms in total. The van der Waals surface area contributed by atoms with Crippen LogP contribution in [0.3, 0.4) is 0 Å². The molecule has 278 valence electrons. The van der Waals surface area contributed by atoms with Crippen LogP contribution in [0, 0.1) is 18.6 Å². The molecule has 1 aliphatic heterocycles. The van der Waals surface area contributed by atoms with Crippen molar-refractivity contribution in [3.8, 4) is 11.1 Å². The first-order valence-electron chi connectivity index (χ1n) is 28.2. The second-order valence-corrected chi connectivity index (χ2v) is 12.0. The van der Waals surface area contributed by atoms with Crippen LogP contribution in [0.2, 0.25) is 0 Å². The third-order valence-corrected chi connectivity index (χ3v) is 8.63. The second-order valence-electron chi connectivity index (χ2n) is 11.0. The standard InChI is InChI=1S/C41H40F5N3O3S/c1-27-22-30(14-15-34(27)41(44,45)46)29-12-10-28(11-13-29)24-48(32-16-18-47(19-17-32)20-21-52-2)38(51)25-49-36-9-4-3-7-33(36)37(50)23-39(49)53-26-31-6-5-8-35(42)40(31)43/h3-15,22-23,32H,16-21,24-26H2,1-2H3/i2D3,3D,4D,5D,6D,7D,8D,9D,10D,11D,12D,13D,14D,15D,20D2,21D2,22D,23D,24D2,25D2. The molecule has 0 saturated carbocycles. The van der Waals surface area contributed by atoms with E-state index < -0.39 is 240 Å². The van der Waals surface area contributed by atoms with Gasteiger partial charge in [0.1, 0.15) is 6.50 Å². The number of thioether (sulfide) groups is 1. The van der Waals surface area contributed by atoms with Crippen LogP contribution in [-0.4, -0.2) is 59.5 Å². The van der Waals surface area contributed by atoms with Crippen LogP contribution in [0.15, 0.2) is 100 Å². The highest BCUT2D eigenvalue weighted by atomic mass is 32.2. The lowest BCUT2D eigenvalue weighted by molar-refractivity contribution is -0.138. The molecule has 1 fully saturated rings. The van der Waals surface area contributed by atoms with E-state index in [4.69, 9.17) is 30.2 Å². The van der Waals surface area contributed by atoms with Crippen LogP contribution in [0.25, 0.3) is 22.0 Å². The van der Waals surface area contributed by atoms with Crippen LogP contribution in [0.1, 0.15) is 70.7 Å². The average molecular weight is 776 g/mol. The number of hydrogen-bond donors (Lipinski definition) is 0. The third-order valence-electron chi connectivity index (χ3n) is 7.64. The number of methoxy groups -OCH3 is 1. The number of para-hydroxylation sites is 1. The maximum atomic E-state index is 15.6. The lowest BCUT2D eigenvalue weighted by Crippen LogP contribution is -2.48. The van der Waals surface area contributed by atoms with Crippen molar-refractivity contribution in [1.29, 1.82) is 0 Å². The smallest absolute Gasteiger partial charge is 0.383 e. The summed E-state index contributed by atoms with van der Waals surface area (Å²) in [7, 11) is -3.53. The van der Waals surface area contributed by atoms with Gasteiger partial charge in [-0.1, -0.05) is 60.4 Å². The third kappa shape index (κ3) is 9.00. The first-order chi connectivity index (χ1) is 35.9. The molecule has 0 atom stereocenters. The molecule has 0 bridgehead atoms. The molecular formula is C41H40F5N3O3S. The lowest BCUT2D eigenvalue weighted by Gasteiger charge is -2.39. The van der Waals surface area contributed by atoms with Crippen molar-refractivity contribution in [2.24, 2.45) is 0 Å². The van der Waals surface area contributed by atoms with E-state index in [2.05, 4.69) is 4.74 Å². The normalized spacial score (nSPS) is 22.5. The van der Waals surface area contributed by atoms with Crippen LogP contribution in [0.5, 0.6) is 0 Å². The van der Waals surface area contributed by atoms with Gasteiger partial charge in [0, 0.05) is 64.6 Å². The first kappa shape index (κ1) is 17.3. The molecule has 0 N–H and O–H groups in total. The summed E-state index contributed by atoms with van der Waals surface area (Å²) in [6, 6.07) is -22.0. The van der Waals surface area contributed by atoms with E-state index in [9.17, 15) is 27.8 Å². The van der Waals surface area contributed by atoms with Crippen molar-refractivity contribution < 1.29 is 67.1 Å². The zero-order valence-corrected chi connectivity index (χ0v) is 27.8. The number of aromatic nitrogens is 1. The largest absolute Gasteiger partial charge is 0.416 e. The molecule has 2 heterocycles. The molecular weight excluding hydrogens is 710 g/mol. The number of piperidine rings is 1. The number of carbonyl (C=O) groups is 1. The number of fused-ring (bicyclic) bond motifs is 1. The maximum absolute atomic E-state index is 15.6. The number of hydrogen-bond acceptors (Lipinski definition) is 5. The number of ether oxygens (including phenoxy) is 1. The summed E-state index contributed by atoms with van der Waals surface area (Å²) >= 11 is -0.0535. The molecule has 53 heavy (non-hydrogen) atoms. The van der Waals surface area contributed by atoms with Crippen LogP contribution < -0.4 is 5.43 Å². The number of nitrogens with zero attached hydrogens (tertiary/aromatic N) is 3. The molecule has 4 aromatic carbocycles. The number of alkyl halides is 3. The average Bonchev–Trinajstić information content (AvgIpc) is 3.34. The van der Waals surface area contributed by atoms with Crippen LogP contribution in [0.4, 0.5) is 22.0 Å². The Morgan fingerprint density at radius 1 is 1.00 bits per heavy atom. The minimum atomic E-state index is -5.32. The topological polar surface area (TPSA) is 54.8 Å². The van der Waals surface area contributed by atoms with Crippen molar-refractivity contribution in [1.82, 2.24) is 14.4 Å². The predicted octanol–water partition coefficient (Wildman–Crippen LogP) is 8.71. The fourth-order valence-corrected chi connectivity index (χ4v) is 6.02. The number of rotatable bonds is 12. The monoisotopic (exact) mass is 775 g/mol. The number of benzene rings is 4. The number of likely N-dealkylation sites (tertiary alicyclic amines) is 1. The quantitative estimate of drug-likeness (QED) is 0.0939. The van der Waals surface area contributed by atoms with Crippen LogP contribution >= 0.6 is 11.8 Å². The molecule has 0 unspecified atom stereocenters. The highest BCUT2D eigenvalue weighted by Gasteiger charge is 2.32. The van der Waals surface area contributed by atoms with E-state index in [1.807, 2.05) is 0 Å². The summed E-state index contributed by atoms with van der Waals surface area (Å²) in [5, 5.41) is -2.37. The number of halogens is 5. The van der Waals surface area contributed by atoms with Crippen molar-refractivity contribution in [2.45, 2.75) is 55.8 Å². The fourth-order valence-electron chi connectivity index (χ4n) is 5.11. The summed E-state index contributed by atoms with van der Waals surface area (Å²) in [5.41, 5.74) is -10.3. The zero-order chi connectivity index (χ0) is 60.4. The van der Waals surface area contributed by atoms with Crippen molar-refractivity contribution >= 4 is 28.6 Å². The van der Waals surface area contributed by atoms with Crippen LogP contribution in [-0.2, 0) is 34.5 Å². The fraction of sp³-hybridized carbons (Fsp3) is 0.317. The highest BCUT2D eigenvalue weighted by molar-refractivity contribution is 7.98. The van der Waals surface area contributed by atoms with E-state index in [1.54, 1.807) is 0 Å². The summed E-state index contributed by atoms with van der Waals surface area (Å²) in [4.78, 5) is 30.2. The van der Waals surface area contributed by atoms with E-state index in [0.717, 1.165) is 6.92 Å². The summed E-state index contributed by atoms with van der Waals surface area (Å²) in [6.45, 7) is -16.2. The minimum absolute atomic E-state index is 0.0259. The van der Waals surface area contributed by atoms with Gasteiger partial charge in [0.15, 0.2) is 17.1 Å². The SMILES string of the molecule is [2H]c1c([2H])c(F)c(F)c(CSc2c([2H])c(=O)c3c([2H])c([2H])c([2H])c([2H])c3n2C([2H])([2H])C(=O)N(C2CCN(C([2H])([2H])C([2H])([2H])OC([2H])([2H])[2H])CC2)C([2H])([2H])c2c([2H])c([2H])c(-c3c([2H])c([2H])c(C(F)(F)F)c(C)c3[2H])c([2H])c2[2H])c1[2H]. The number of amides is 1. The Kier molecular flexibility index (Phi) is 5.44. The molecule has 0 radical (unpaired) electrons. The molecule has 5 aromatic rings. The Hall–Kier alpha value is -4.52. The predicted molar refractivity (Wildman–Crippen MR) is 198 cm³/mol. The van der Waals surface area contributed by atoms with Gasteiger partial charge in [0.05, 0.1) is 55.6 Å². The Morgan fingerprint density at radius 3 is 2.47 bits per heavy atom. The molecule has 1 aromatic heterocycles. The van der Waals surface area contributed by atoms with Crippen molar-refractivity contribution in [3.63, 3.8) is 0 Å². The Balaban J connectivity index is 1.67. The maximum Gasteiger partial charge on any atom is 0.416 e. The minimum Gasteiger partial charge on any atom is -0.383 e. The molecule has 1 saturated heterocycles. The summed E-state index contributed by atoms with van der Waals surface area (Å²) in [6.07, 6.45) is -6.95. The van der Waals surface area contributed by atoms with Crippen molar-refractivity contribution in [2.75, 3.05) is 33.2 Å². The Labute approximate surface area is 345 Å². The molecule has 6 rings (SSSR count). The zero-order valence-electron chi connectivity index (χ0n) is 53.0. The van der Waals surface area contributed by atoms with Gasteiger partial charge in [0.25, 0.3) is 0 Å². The van der Waals surface area contributed by atoms with E-state index in [0.29, 0.717) is 4.90 Å². The van der Waals surface area contributed by atoms with Gasteiger partial charge in [-0.2, -0.15) is 13.2 Å².